The maximum atomic E-state index is 11.5. The first-order valence-electron chi connectivity index (χ1n) is 8.65. The second-order valence-electron chi connectivity index (χ2n) is 6.25. The molecule has 0 atom stereocenters. The Morgan fingerprint density at radius 2 is 1.62 bits per heavy atom. The topological polar surface area (TPSA) is 104 Å². The highest BCUT2D eigenvalue weighted by molar-refractivity contribution is 5.89. The Balaban J connectivity index is 0.000000758. The minimum Gasteiger partial charge on any atom is -0.483 e. The van der Waals surface area contributed by atoms with Crippen molar-refractivity contribution in [1.29, 1.82) is 0 Å². The Bertz CT molecular complexity index is 723. The summed E-state index contributed by atoms with van der Waals surface area (Å²) in [5, 5.41) is 12.4. The van der Waals surface area contributed by atoms with Gasteiger partial charge in [0.1, 0.15) is 0 Å². The fourth-order valence-corrected chi connectivity index (χ4v) is 2.92. The van der Waals surface area contributed by atoms with Gasteiger partial charge in [-0.1, -0.05) is 36.4 Å². The van der Waals surface area contributed by atoms with Gasteiger partial charge in [-0.2, -0.15) is 0 Å². The molecule has 1 aliphatic rings. The largest absolute Gasteiger partial charge is 0.483 e. The predicted molar refractivity (Wildman–Crippen MR) is 103 cm³/mol. The molecule has 2 amide bonds. The van der Waals surface area contributed by atoms with Gasteiger partial charge in [-0.15, -0.1) is 0 Å². The van der Waals surface area contributed by atoms with Gasteiger partial charge in [-0.25, -0.2) is 4.79 Å². The molecule has 6 heteroatoms. The number of benzene rings is 2. The van der Waals surface area contributed by atoms with E-state index in [0.717, 1.165) is 29.7 Å². The van der Waals surface area contributed by atoms with Crippen molar-refractivity contribution in [2.45, 2.75) is 31.7 Å². The summed E-state index contributed by atoms with van der Waals surface area (Å²) < 4.78 is 0. The zero-order valence-corrected chi connectivity index (χ0v) is 14.9. The van der Waals surface area contributed by atoms with Crippen LogP contribution in [0.25, 0.3) is 11.1 Å². The molecule has 0 aliphatic heterocycles. The van der Waals surface area contributed by atoms with Crippen LogP contribution in [0.1, 0.15) is 31.7 Å². The van der Waals surface area contributed by atoms with Crippen molar-refractivity contribution in [2.75, 3.05) is 11.9 Å². The van der Waals surface area contributed by atoms with Crippen molar-refractivity contribution < 1.29 is 14.7 Å². The van der Waals surface area contributed by atoms with E-state index in [4.69, 9.17) is 15.6 Å². The standard InChI is InChI=1S/C19H23N3O.CH2O2/c1-2-21-18(23)22-17-10-6-15(7-11-17)14-4-8-16(9-5-14)19(20)12-3-13-19;2-1-3/h4-11H,2-3,12-13,20H2,1H3,(H2,21,22,23);1H,(H,2,3). The predicted octanol–water partition coefficient (Wildman–Crippen LogP) is 3.53. The Labute approximate surface area is 153 Å². The van der Waals surface area contributed by atoms with Crippen LogP contribution in [-0.2, 0) is 10.3 Å². The van der Waals surface area contributed by atoms with Crippen LogP contribution >= 0.6 is 0 Å². The number of anilines is 1. The molecule has 2 aromatic rings. The Hall–Kier alpha value is -2.86. The van der Waals surface area contributed by atoms with Gasteiger partial charge in [-0.3, -0.25) is 4.79 Å². The van der Waals surface area contributed by atoms with Gasteiger partial charge in [0.25, 0.3) is 6.47 Å². The van der Waals surface area contributed by atoms with E-state index in [2.05, 4.69) is 34.9 Å². The number of hydrogen-bond donors (Lipinski definition) is 4. The van der Waals surface area contributed by atoms with E-state index in [1.54, 1.807) is 0 Å². The molecule has 138 valence electrons. The van der Waals surface area contributed by atoms with Gasteiger partial charge in [0, 0.05) is 17.8 Å². The van der Waals surface area contributed by atoms with Crippen molar-refractivity contribution in [3.63, 3.8) is 0 Å². The van der Waals surface area contributed by atoms with Crippen LogP contribution in [0.15, 0.2) is 48.5 Å². The van der Waals surface area contributed by atoms with Crippen LogP contribution < -0.4 is 16.4 Å². The van der Waals surface area contributed by atoms with Gasteiger partial charge < -0.3 is 21.5 Å². The van der Waals surface area contributed by atoms with Crippen molar-refractivity contribution in [3.8, 4) is 11.1 Å². The average molecular weight is 355 g/mol. The van der Waals surface area contributed by atoms with E-state index in [0.29, 0.717) is 6.54 Å². The number of rotatable bonds is 4. The average Bonchev–Trinajstić information content (AvgIpc) is 2.61. The van der Waals surface area contributed by atoms with E-state index in [1.165, 1.54) is 12.0 Å². The van der Waals surface area contributed by atoms with Crippen molar-refractivity contribution in [3.05, 3.63) is 54.1 Å². The highest BCUT2D eigenvalue weighted by Gasteiger charge is 2.33. The zero-order chi connectivity index (χ0) is 19.0. The molecule has 0 bridgehead atoms. The molecule has 0 spiro atoms. The third kappa shape index (κ3) is 4.83. The number of urea groups is 1. The van der Waals surface area contributed by atoms with Crippen LogP contribution in [0, 0.1) is 0 Å². The fraction of sp³-hybridized carbons (Fsp3) is 0.300. The molecule has 1 saturated carbocycles. The lowest BCUT2D eigenvalue weighted by Crippen LogP contribution is -2.43. The minimum atomic E-state index is -0.250. The van der Waals surface area contributed by atoms with Gasteiger partial charge in [0.2, 0.25) is 0 Å². The van der Waals surface area contributed by atoms with Gasteiger partial charge in [0.05, 0.1) is 0 Å². The smallest absolute Gasteiger partial charge is 0.319 e. The third-order valence-electron chi connectivity index (χ3n) is 4.52. The molecule has 6 nitrogen and oxygen atoms in total. The molecule has 3 rings (SSSR count). The summed E-state index contributed by atoms with van der Waals surface area (Å²) in [6, 6.07) is 16.2. The SMILES string of the molecule is CCNC(=O)Nc1ccc(-c2ccc(C3(N)CCC3)cc2)cc1.O=CO. The Morgan fingerprint density at radius 3 is 2.04 bits per heavy atom. The lowest BCUT2D eigenvalue weighted by Gasteiger charge is -2.38. The lowest BCUT2D eigenvalue weighted by atomic mass is 9.72. The number of carbonyl (C=O) groups is 2. The summed E-state index contributed by atoms with van der Waals surface area (Å²) in [6.45, 7) is 2.25. The number of carbonyl (C=O) groups excluding carboxylic acids is 1. The van der Waals surface area contributed by atoms with Crippen LogP contribution in [0.3, 0.4) is 0 Å². The monoisotopic (exact) mass is 355 g/mol. The van der Waals surface area contributed by atoms with E-state index in [-0.39, 0.29) is 18.0 Å². The highest BCUT2D eigenvalue weighted by Crippen LogP contribution is 2.39. The third-order valence-corrected chi connectivity index (χ3v) is 4.52. The number of amides is 2. The Kier molecular flexibility index (Phi) is 6.74. The van der Waals surface area contributed by atoms with Crippen molar-refractivity contribution in [2.24, 2.45) is 5.73 Å². The van der Waals surface area contributed by atoms with E-state index >= 15 is 0 Å². The van der Waals surface area contributed by atoms with Gasteiger partial charge >= 0.3 is 6.03 Å². The van der Waals surface area contributed by atoms with Gasteiger partial charge in [0.15, 0.2) is 0 Å². The van der Waals surface area contributed by atoms with E-state index in [1.807, 2.05) is 31.2 Å². The number of nitrogens with two attached hydrogens (primary N) is 1. The minimum absolute atomic E-state index is 0.112. The molecule has 0 unspecified atom stereocenters. The molecular formula is C20H25N3O3. The first-order valence-corrected chi connectivity index (χ1v) is 8.65. The molecule has 0 heterocycles. The molecule has 26 heavy (non-hydrogen) atoms. The number of carboxylic acid groups (broad SMARTS) is 1. The maximum absolute atomic E-state index is 11.5. The van der Waals surface area contributed by atoms with Crippen LogP contribution in [0.4, 0.5) is 10.5 Å². The summed E-state index contributed by atoms with van der Waals surface area (Å²) in [5.41, 5.74) is 10.5. The zero-order valence-electron chi connectivity index (χ0n) is 14.9. The molecule has 5 N–H and O–H groups in total. The summed E-state index contributed by atoms with van der Waals surface area (Å²) in [4.78, 5) is 19.9. The molecule has 2 aromatic carbocycles. The van der Waals surface area contributed by atoms with Crippen LogP contribution in [-0.4, -0.2) is 24.2 Å². The molecule has 0 aromatic heterocycles. The normalized spacial score (nSPS) is 14.2. The Morgan fingerprint density at radius 1 is 1.12 bits per heavy atom. The van der Waals surface area contributed by atoms with Crippen molar-refractivity contribution >= 4 is 18.2 Å². The maximum Gasteiger partial charge on any atom is 0.319 e. The van der Waals surface area contributed by atoms with Gasteiger partial charge in [-0.05, 0) is 55.0 Å². The number of hydrogen-bond acceptors (Lipinski definition) is 3. The van der Waals surface area contributed by atoms with Crippen LogP contribution in [0.2, 0.25) is 0 Å². The highest BCUT2D eigenvalue weighted by atomic mass is 16.3. The second kappa shape index (κ2) is 9.01. The first-order chi connectivity index (χ1) is 12.5. The lowest BCUT2D eigenvalue weighted by molar-refractivity contribution is -0.122. The second-order valence-corrected chi connectivity index (χ2v) is 6.25. The number of nitrogens with one attached hydrogen (secondary N) is 2. The summed E-state index contributed by atoms with van der Waals surface area (Å²) >= 11 is 0. The molecule has 0 radical (unpaired) electrons. The summed E-state index contributed by atoms with van der Waals surface area (Å²) in [5.74, 6) is 0. The molecular weight excluding hydrogens is 330 g/mol. The van der Waals surface area contributed by atoms with E-state index < -0.39 is 0 Å². The van der Waals surface area contributed by atoms with Crippen LogP contribution in [0.5, 0.6) is 0 Å². The first kappa shape index (κ1) is 19.5. The van der Waals surface area contributed by atoms with E-state index in [9.17, 15) is 4.79 Å². The van der Waals surface area contributed by atoms with Crippen molar-refractivity contribution in [1.82, 2.24) is 5.32 Å². The fourth-order valence-electron chi connectivity index (χ4n) is 2.92. The molecule has 1 fully saturated rings. The molecule has 0 saturated heterocycles. The summed E-state index contributed by atoms with van der Waals surface area (Å²) in [6.07, 6.45) is 3.37. The quantitative estimate of drug-likeness (QED) is 0.630. The summed E-state index contributed by atoms with van der Waals surface area (Å²) in [7, 11) is 0. The molecule has 1 aliphatic carbocycles.